The maximum atomic E-state index is 2.50. The zero-order valence-corrected chi connectivity index (χ0v) is 79.8. The molecule has 2 nitrogen and oxygen atoms in total. The van der Waals surface area contributed by atoms with Crippen LogP contribution >= 0.6 is 0 Å². The van der Waals surface area contributed by atoms with Crippen molar-refractivity contribution in [3.8, 4) is 89.0 Å². The number of benzene rings is 14. The molecule has 0 saturated heterocycles. The maximum absolute atomic E-state index is 2.50. The first-order valence-corrected chi connectivity index (χ1v) is 45.3. The van der Waals surface area contributed by atoms with Gasteiger partial charge in [-0.3, -0.25) is 0 Å². The van der Waals surface area contributed by atoms with E-state index in [9.17, 15) is 0 Å². The van der Waals surface area contributed by atoms with Crippen LogP contribution in [0.25, 0.3) is 89.0 Å². The highest BCUT2D eigenvalue weighted by molar-refractivity contribution is 5.91. The summed E-state index contributed by atoms with van der Waals surface area (Å²) >= 11 is 0. The van der Waals surface area contributed by atoms with Gasteiger partial charge in [0.15, 0.2) is 0 Å². The molecule has 0 saturated carbocycles. The smallest absolute Gasteiger partial charge is 0.0470 e. The van der Waals surface area contributed by atoms with E-state index >= 15 is 0 Å². The van der Waals surface area contributed by atoms with Gasteiger partial charge in [-0.25, -0.2) is 0 Å². The first-order valence-electron chi connectivity index (χ1n) is 45.3. The Balaban J connectivity index is 0.000000192. The highest BCUT2D eigenvalue weighted by Gasteiger charge is 2.39. The van der Waals surface area contributed by atoms with Crippen molar-refractivity contribution in [3.05, 3.63) is 370 Å². The average molecular weight is 1630 g/mol. The quantitative estimate of drug-likeness (QED) is 0.120. The van der Waals surface area contributed by atoms with E-state index in [-0.39, 0.29) is 54.1 Å². The average Bonchev–Trinajstić information content (AvgIpc) is 1.57. The molecule has 2 aliphatic carbocycles. The van der Waals surface area contributed by atoms with Crippen molar-refractivity contribution < 1.29 is 0 Å². The van der Waals surface area contributed by atoms with Crippen LogP contribution in [0.1, 0.15) is 261 Å². The number of nitrogens with zero attached hydrogens (tertiary/aromatic N) is 2. The van der Waals surface area contributed by atoms with Crippen molar-refractivity contribution >= 4 is 34.1 Å². The van der Waals surface area contributed by atoms with E-state index in [0.717, 1.165) is 34.1 Å². The van der Waals surface area contributed by atoms with Gasteiger partial charge in [-0.15, -0.1) is 0 Å². The minimum atomic E-state index is -0.122. The molecule has 0 bridgehead atoms. The summed E-state index contributed by atoms with van der Waals surface area (Å²) in [5.41, 5.74) is 43.2. The van der Waals surface area contributed by atoms with Crippen LogP contribution < -0.4 is 9.80 Å². The van der Waals surface area contributed by atoms with Crippen LogP contribution in [0.15, 0.2) is 303 Å². The molecule has 0 fully saturated rings. The highest BCUT2D eigenvalue weighted by atomic mass is 15.1. The summed E-state index contributed by atoms with van der Waals surface area (Å²) in [6.07, 6.45) is 0. The van der Waals surface area contributed by atoms with Crippen molar-refractivity contribution in [1.29, 1.82) is 0 Å². The molecule has 14 aromatic carbocycles. The number of anilines is 6. The predicted octanol–water partition coefficient (Wildman–Crippen LogP) is 35.3. The molecule has 0 aromatic heterocycles. The van der Waals surface area contributed by atoms with E-state index < -0.39 is 0 Å². The second-order valence-electron chi connectivity index (χ2n) is 45.0. The molecule has 14 aromatic rings. The summed E-state index contributed by atoms with van der Waals surface area (Å²) in [6.45, 7) is 64.9. The zero-order chi connectivity index (χ0) is 89.1. The van der Waals surface area contributed by atoms with E-state index in [2.05, 4.69) is 507 Å². The van der Waals surface area contributed by atoms with Crippen molar-refractivity contribution in [3.63, 3.8) is 0 Å². The molecule has 0 heterocycles. The standard InChI is InChI=1S/2C61H67N/c1-57(2,3)46-21-17-19-42(31-46)43-20-18-22-50(35-43)62(51-29-30-54-53-23-15-16-24-55(53)61(13,14)56(54)39-51)52-36-45(34-49(38-52)60(10,11)12)41-27-25-40(26-28-41)44-32-47(58(4,5)6)37-48(33-44)59(7,8)9;1-57(2,3)46-28-26-40(27-29-46)43-18-17-19-50(35-43)62(51-30-31-54-53-20-15-16-21-55(53)61(13,14)56(54)39-51)52-36-45(34-49(38-52)60(10,11)12)42-24-22-41(23-25-42)44-32-47(58(4,5)6)37-48(33-44)59(7,8)9/h2*15-39H,1-14H3. The fourth-order valence-electron chi connectivity index (χ4n) is 18.2. The van der Waals surface area contributed by atoms with Crippen LogP contribution in [0.3, 0.4) is 0 Å². The lowest BCUT2D eigenvalue weighted by atomic mass is 9.79. The van der Waals surface area contributed by atoms with Gasteiger partial charge in [-0.1, -0.05) is 424 Å². The van der Waals surface area contributed by atoms with Gasteiger partial charge in [0.25, 0.3) is 0 Å². The van der Waals surface area contributed by atoms with E-state index in [1.165, 1.54) is 156 Å². The van der Waals surface area contributed by atoms with Gasteiger partial charge in [-0.2, -0.15) is 0 Å². The summed E-state index contributed by atoms with van der Waals surface area (Å²) in [5, 5.41) is 0. The Bertz CT molecular complexity index is 6260. The topological polar surface area (TPSA) is 6.48 Å². The fraction of sp³-hybridized carbons (Fsp3) is 0.311. The molecule has 2 heteroatoms. The molecule has 124 heavy (non-hydrogen) atoms. The van der Waals surface area contributed by atoms with E-state index in [0.29, 0.717) is 0 Å². The second kappa shape index (κ2) is 32.0. The van der Waals surface area contributed by atoms with Crippen LogP contribution in [0.4, 0.5) is 34.1 Å². The third-order valence-electron chi connectivity index (χ3n) is 26.5. The molecule has 0 aliphatic heterocycles. The van der Waals surface area contributed by atoms with Gasteiger partial charge in [-0.05, 0) is 272 Å². The molecule has 632 valence electrons. The lowest BCUT2D eigenvalue weighted by molar-refractivity contribution is 0.568. The van der Waals surface area contributed by atoms with E-state index in [1.807, 2.05) is 0 Å². The highest BCUT2D eigenvalue weighted by Crippen LogP contribution is 2.55. The third-order valence-corrected chi connectivity index (χ3v) is 26.5. The predicted molar refractivity (Wildman–Crippen MR) is 540 cm³/mol. The lowest BCUT2D eigenvalue weighted by Crippen LogP contribution is -2.17. The first-order chi connectivity index (χ1) is 58.0. The van der Waals surface area contributed by atoms with Crippen molar-refractivity contribution in [2.75, 3.05) is 9.80 Å². The third kappa shape index (κ3) is 17.9. The zero-order valence-electron chi connectivity index (χ0n) is 79.8. The summed E-state index contributed by atoms with van der Waals surface area (Å²) in [6, 6.07) is 116. The summed E-state index contributed by atoms with van der Waals surface area (Å²) in [4.78, 5) is 4.99. The SMILES string of the molecule is CC(C)(C)c1ccc(-c2cccc(N(c3cc(-c4ccc(-c5cc(C(C)(C)C)cc(C(C)(C)C)c5)cc4)cc(C(C)(C)C)c3)c3ccc4c(c3)C(C)(C)c3ccccc3-4)c2)cc1.CC(C)(C)c1cccc(-c2cccc(N(c3cc(-c4ccc(-c5cc(C(C)(C)C)cc(C(C)(C)C)c5)cc4)cc(C(C)(C)C)c3)c3ccc4c(c3)C(C)(C)c3ccccc3-4)c2)c1. The molecule has 0 atom stereocenters. The van der Waals surface area contributed by atoms with Gasteiger partial charge in [0.1, 0.15) is 0 Å². The van der Waals surface area contributed by atoms with Gasteiger partial charge in [0.05, 0.1) is 0 Å². The van der Waals surface area contributed by atoms with Crippen LogP contribution in [-0.2, 0) is 54.1 Å². The monoisotopic (exact) mass is 1630 g/mol. The van der Waals surface area contributed by atoms with Crippen LogP contribution in [0.2, 0.25) is 0 Å². The number of rotatable bonds is 12. The van der Waals surface area contributed by atoms with Crippen molar-refractivity contribution in [2.45, 2.75) is 248 Å². The Hall–Kier alpha value is -11.3. The summed E-state index contributed by atoms with van der Waals surface area (Å²) < 4.78 is 0. The Morgan fingerprint density at radius 1 is 0.153 bits per heavy atom. The normalized spacial score (nSPS) is 13.8. The van der Waals surface area contributed by atoms with Crippen molar-refractivity contribution in [1.82, 2.24) is 0 Å². The van der Waals surface area contributed by atoms with Crippen LogP contribution in [0.5, 0.6) is 0 Å². The molecule has 0 radical (unpaired) electrons. The van der Waals surface area contributed by atoms with Gasteiger partial charge < -0.3 is 9.80 Å². The fourth-order valence-corrected chi connectivity index (χ4v) is 18.2. The Morgan fingerprint density at radius 2 is 0.395 bits per heavy atom. The molecule has 16 rings (SSSR count). The first kappa shape index (κ1) is 87.6. The van der Waals surface area contributed by atoms with Gasteiger partial charge in [0.2, 0.25) is 0 Å². The number of hydrogen-bond acceptors (Lipinski definition) is 2. The molecular formula is C122H134N2. The van der Waals surface area contributed by atoms with E-state index in [1.54, 1.807) is 0 Å². The Kier molecular flexibility index (Phi) is 22.6. The maximum Gasteiger partial charge on any atom is 0.0470 e. The largest absolute Gasteiger partial charge is 0.310 e. The molecular weight excluding hydrogens is 1490 g/mol. The number of hydrogen-bond donors (Lipinski definition) is 0. The second-order valence-corrected chi connectivity index (χ2v) is 45.0. The lowest BCUT2D eigenvalue weighted by Gasteiger charge is -2.31. The summed E-state index contributed by atoms with van der Waals surface area (Å²) in [5.74, 6) is 0. The van der Waals surface area contributed by atoms with Gasteiger partial charge >= 0.3 is 0 Å². The summed E-state index contributed by atoms with van der Waals surface area (Å²) in [7, 11) is 0. The molecule has 0 spiro atoms. The molecule has 0 N–H and O–H groups in total. The minimum absolute atomic E-state index is 0.0557. The van der Waals surface area contributed by atoms with Crippen molar-refractivity contribution in [2.24, 2.45) is 0 Å². The Labute approximate surface area is 746 Å². The Morgan fingerprint density at radius 3 is 0.726 bits per heavy atom. The van der Waals surface area contributed by atoms with Gasteiger partial charge in [0, 0.05) is 45.0 Å². The van der Waals surface area contributed by atoms with Crippen LogP contribution in [-0.4, -0.2) is 0 Å². The minimum Gasteiger partial charge on any atom is -0.310 e. The molecule has 0 unspecified atom stereocenters. The molecule has 2 aliphatic rings. The molecule has 0 amide bonds. The number of fused-ring (bicyclic) bond motifs is 6. The van der Waals surface area contributed by atoms with Crippen LogP contribution in [0, 0.1) is 0 Å². The van der Waals surface area contributed by atoms with E-state index in [4.69, 9.17) is 0 Å².